The van der Waals surface area contributed by atoms with Crippen LogP contribution in [-0.4, -0.2) is 26.3 Å². The van der Waals surface area contributed by atoms with E-state index in [2.05, 4.69) is 149 Å². The van der Waals surface area contributed by atoms with Gasteiger partial charge in [-0.2, -0.15) is 10.2 Å². The highest BCUT2D eigenvalue weighted by Crippen LogP contribution is 2.40. The van der Waals surface area contributed by atoms with E-state index in [1.165, 1.54) is 59.7 Å². The summed E-state index contributed by atoms with van der Waals surface area (Å²) in [6.45, 7) is 0.0380. The Morgan fingerprint density at radius 1 is 0.444 bits per heavy atom. The van der Waals surface area contributed by atoms with Crippen LogP contribution in [0.15, 0.2) is 140 Å². The minimum Gasteiger partial charge on any atom is -0.233 e. The first-order chi connectivity index (χ1) is 22.3. The van der Waals surface area contributed by atoms with Crippen molar-refractivity contribution < 1.29 is 0 Å². The third-order valence-electron chi connectivity index (χ3n) is 9.92. The van der Waals surface area contributed by atoms with Gasteiger partial charge in [-0.3, -0.25) is 0 Å². The second kappa shape index (κ2) is 8.37. The molecule has 0 amide bonds. The van der Waals surface area contributed by atoms with E-state index < -0.39 is 0 Å². The highest BCUT2D eigenvalue weighted by atomic mass is 15.3. The van der Waals surface area contributed by atoms with E-state index in [9.17, 15) is 0 Å². The molecule has 0 N–H and O–H groups in total. The zero-order valence-electron chi connectivity index (χ0n) is 24.1. The van der Waals surface area contributed by atoms with E-state index in [0.29, 0.717) is 0 Å². The predicted octanol–water partition coefficient (Wildman–Crippen LogP) is 7.15. The van der Waals surface area contributed by atoms with Crippen LogP contribution in [0.5, 0.6) is 0 Å². The topological polar surface area (TPSA) is 35.6 Å². The van der Waals surface area contributed by atoms with Crippen LogP contribution in [0.3, 0.4) is 0 Å². The average molecular weight is 570 g/mol. The molecule has 0 saturated heterocycles. The quantitative estimate of drug-likeness (QED) is 0.207. The Kier molecular flexibility index (Phi) is 4.37. The maximum absolute atomic E-state index is 5.41. The lowest BCUT2D eigenvalue weighted by Crippen LogP contribution is -2.59. The maximum atomic E-state index is 5.41. The van der Waals surface area contributed by atoms with Crippen molar-refractivity contribution in [2.45, 2.75) is 0 Å². The highest BCUT2D eigenvalue weighted by molar-refractivity contribution is 7.00. The van der Waals surface area contributed by atoms with Crippen LogP contribution in [0.1, 0.15) is 0 Å². The summed E-state index contributed by atoms with van der Waals surface area (Å²) in [7, 11) is 0. The van der Waals surface area contributed by atoms with Crippen LogP contribution in [0.2, 0.25) is 0 Å². The molecule has 0 aliphatic carbocycles. The molecule has 45 heavy (non-hydrogen) atoms. The molecule has 206 valence electrons. The van der Waals surface area contributed by atoms with Gasteiger partial charge in [-0.25, -0.2) is 9.36 Å². The van der Waals surface area contributed by atoms with Crippen molar-refractivity contribution in [2.75, 3.05) is 0 Å². The van der Waals surface area contributed by atoms with Gasteiger partial charge in [0.05, 0.1) is 22.4 Å². The van der Waals surface area contributed by atoms with Crippen LogP contribution in [0, 0.1) is 0 Å². The summed E-state index contributed by atoms with van der Waals surface area (Å²) < 4.78 is 4.42. The van der Waals surface area contributed by atoms with Gasteiger partial charge < -0.3 is 0 Å². The third-order valence-corrected chi connectivity index (χ3v) is 9.92. The molecule has 7 aromatic carbocycles. The third kappa shape index (κ3) is 2.93. The zero-order chi connectivity index (χ0) is 29.2. The Balaban J connectivity index is 1.35. The normalized spacial score (nSPS) is 12.8. The number of benzene rings is 7. The van der Waals surface area contributed by atoms with Crippen LogP contribution < -0.4 is 16.4 Å². The maximum Gasteiger partial charge on any atom is 0.252 e. The second-order valence-corrected chi connectivity index (χ2v) is 12.2. The van der Waals surface area contributed by atoms with Crippen molar-refractivity contribution in [1.29, 1.82) is 0 Å². The van der Waals surface area contributed by atoms with Crippen molar-refractivity contribution in [1.82, 2.24) is 19.6 Å². The molecule has 4 heterocycles. The lowest BCUT2D eigenvalue weighted by atomic mass is 9.34. The molecule has 0 atom stereocenters. The molecular formula is C40H23BN4. The first-order valence-electron chi connectivity index (χ1n) is 15.5. The van der Waals surface area contributed by atoms with Crippen LogP contribution >= 0.6 is 0 Å². The van der Waals surface area contributed by atoms with Gasteiger partial charge in [0.15, 0.2) is 0 Å². The van der Waals surface area contributed by atoms with Gasteiger partial charge in [0, 0.05) is 21.9 Å². The molecule has 2 aliphatic heterocycles. The van der Waals surface area contributed by atoms with Gasteiger partial charge in [0.2, 0.25) is 0 Å². The minimum atomic E-state index is 0.0380. The fourth-order valence-corrected chi connectivity index (χ4v) is 8.12. The highest BCUT2D eigenvalue weighted by Gasteiger charge is 2.42. The van der Waals surface area contributed by atoms with Crippen LogP contribution in [0.4, 0.5) is 0 Å². The number of hydrogen-bond donors (Lipinski definition) is 0. The molecule has 2 aliphatic rings. The van der Waals surface area contributed by atoms with Gasteiger partial charge in [-0.15, -0.1) is 0 Å². The van der Waals surface area contributed by atoms with Gasteiger partial charge in [-0.1, -0.05) is 127 Å². The fraction of sp³-hybridized carbons (Fsp3) is 0. The predicted molar refractivity (Wildman–Crippen MR) is 186 cm³/mol. The Morgan fingerprint density at radius 3 is 1.38 bits per heavy atom. The summed E-state index contributed by atoms with van der Waals surface area (Å²) in [5, 5.41) is 18.2. The van der Waals surface area contributed by atoms with E-state index in [1.807, 2.05) is 0 Å². The Hall–Kier alpha value is -5.94. The van der Waals surface area contributed by atoms with E-state index >= 15 is 0 Å². The number of rotatable bonds is 2. The average Bonchev–Trinajstić information content (AvgIpc) is 3.71. The molecule has 4 nitrogen and oxygen atoms in total. The van der Waals surface area contributed by atoms with E-state index in [-0.39, 0.29) is 6.71 Å². The standard InChI is InChI=1S/C40H23BN4/c1-3-12-24(13-4-1)37-34-28-18-9-7-16-26(28)22-30-39(34)44(42-37)32-20-11-21-33-36(32)41(30)31-23-27-17-8-10-19-29(27)35-38(43-45(33)40(31)35)25-14-5-2-6-15-25/h1-23H. The molecule has 5 heteroatoms. The smallest absolute Gasteiger partial charge is 0.233 e. The molecule has 0 bridgehead atoms. The number of aromatic nitrogens is 4. The zero-order valence-corrected chi connectivity index (χ0v) is 24.1. The number of hydrogen-bond acceptors (Lipinski definition) is 2. The molecule has 0 radical (unpaired) electrons. The molecule has 0 fully saturated rings. The molecule has 9 aromatic rings. The van der Waals surface area contributed by atoms with Crippen molar-refractivity contribution >= 4 is 66.5 Å². The summed E-state index contributed by atoms with van der Waals surface area (Å²) >= 11 is 0. The molecule has 0 saturated carbocycles. The first kappa shape index (κ1) is 23.5. The van der Waals surface area contributed by atoms with Crippen molar-refractivity contribution in [3.63, 3.8) is 0 Å². The summed E-state index contributed by atoms with van der Waals surface area (Å²) in [5.74, 6) is 0. The fourth-order valence-electron chi connectivity index (χ4n) is 8.12. The second-order valence-electron chi connectivity index (χ2n) is 12.2. The minimum absolute atomic E-state index is 0.0380. The first-order valence-corrected chi connectivity index (χ1v) is 15.5. The van der Waals surface area contributed by atoms with Crippen LogP contribution in [0.25, 0.3) is 77.2 Å². The Bertz CT molecular complexity index is 2520. The summed E-state index contributed by atoms with van der Waals surface area (Å²) in [6, 6.07) is 50.2. The van der Waals surface area contributed by atoms with E-state index in [4.69, 9.17) is 10.2 Å². The summed E-state index contributed by atoms with van der Waals surface area (Å²) in [6.07, 6.45) is 0. The SMILES string of the molecule is c1ccc(-c2nn3c4c(cc5ccccc5c24)B2c4c-3cccc4-n3nc(-c4ccccc4)c4c5ccccc5cc2c43)cc1. The van der Waals surface area contributed by atoms with Crippen molar-refractivity contribution in [3.8, 4) is 33.9 Å². The lowest BCUT2D eigenvalue weighted by molar-refractivity contribution is 0.895. The Labute approximate surface area is 258 Å². The number of nitrogens with zero attached hydrogens (tertiary/aromatic N) is 4. The van der Waals surface area contributed by atoms with Gasteiger partial charge >= 0.3 is 0 Å². The van der Waals surface area contributed by atoms with E-state index in [1.54, 1.807) is 0 Å². The molecular weight excluding hydrogens is 547 g/mol. The lowest BCUT2D eigenvalue weighted by Gasteiger charge is -2.32. The van der Waals surface area contributed by atoms with Gasteiger partial charge in [0.1, 0.15) is 11.4 Å². The molecule has 11 rings (SSSR count). The number of fused-ring (bicyclic) bond motifs is 8. The largest absolute Gasteiger partial charge is 0.252 e. The summed E-state index contributed by atoms with van der Waals surface area (Å²) in [5.41, 5.74) is 12.8. The molecule has 2 aromatic heterocycles. The molecule has 0 unspecified atom stereocenters. The van der Waals surface area contributed by atoms with E-state index in [0.717, 1.165) is 33.9 Å². The summed E-state index contributed by atoms with van der Waals surface area (Å²) in [4.78, 5) is 0. The van der Waals surface area contributed by atoms with Crippen LogP contribution in [-0.2, 0) is 0 Å². The molecule has 0 spiro atoms. The Morgan fingerprint density at radius 2 is 0.889 bits per heavy atom. The van der Waals surface area contributed by atoms with Crippen molar-refractivity contribution in [2.24, 2.45) is 0 Å². The van der Waals surface area contributed by atoms with Gasteiger partial charge in [0.25, 0.3) is 6.71 Å². The van der Waals surface area contributed by atoms with Gasteiger partial charge in [-0.05, 0) is 50.1 Å². The monoisotopic (exact) mass is 570 g/mol. The van der Waals surface area contributed by atoms with Crippen molar-refractivity contribution in [3.05, 3.63) is 140 Å².